The summed E-state index contributed by atoms with van der Waals surface area (Å²) in [5.74, 6) is -0.0900. The number of esters is 1. The molecular formula is C27H29N3O4S. The Bertz CT molecular complexity index is 1240. The van der Waals surface area contributed by atoms with E-state index in [9.17, 15) is 9.59 Å². The van der Waals surface area contributed by atoms with E-state index in [2.05, 4.69) is 10.3 Å². The first-order chi connectivity index (χ1) is 16.8. The molecule has 0 saturated carbocycles. The van der Waals surface area contributed by atoms with Crippen molar-refractivity contribution in [2.45, 2.75) is 40.7 Å². The van der Waals surface area contributed by atoms with E-state index in [0.29, 0.717) is 17.0 Å². The summed E-state index contributed by atoms with van der Waals surface area (Å²) in [7, 11) is 0. The Balaban J connectivity index is 1.53. The van der Waals surface area contributed by atoms with E-state index in [1.165, 1.54) is 11.8 Å². The van der Waals surface area contributed by atoms with E-state index < -0.39 is 12.0 Å². The van der Waals surface area contributed by atoms with Crippen LogP contribution >= 0.6 is 11.8 Å². The Morgan fingerprint density at radius 3 is 2.57 bits per heavy atom. The number of anilines is 1. The quantitative estimate of drug-likeness (QED) is 0.523. The number of rotatable bonds is 7. The van der Waals surface area contributed by atoms with Gasteiger partial charge in [0.25, 0.3) is 5.91 Å². The van der Waals surface area contributed by atoms with Gasteiger partial charge in [-0.25, -0.2) is 9.79 Å². The van der Waals surface area contributed by atoms with Crippen LogP contribution in [0.25, 0.3) is 0 Å². The molecule has 0 fully saturated rings. The predicted octanol–water partition coefficient (Wildman–Crippen LogP) is 5.40. The van der Waals surface area contributed by atoms with E-state index in [1.54, 1.807) is 13.0 Å². The lowest BCUT2D eigenvalue weighted by Gasteiger charge is -2.33. The molecular weight excluding hydrogens is 462 g/mol. The van der Waals surface area contributed by atoms with Crippen LogP contribution in [0.5, 0.6) is 5.75 Å². The standard InChI is InChI=1S/C27H29N3O4S/c1-6-33-26(32)23-19(5)28-27-30(10-11-35-27)25(23)20-8-7-9-21(14-20)34-15-22(31)29-24-17(3)12-16(2)13-18(24)4/h7-14,25H,6,15H2,1-5H3,(H,29,31)/t25-/m1/s1. The highest BCUT2D eigenvalue weighted by atomic mass is 32.2. The number of amidine groups is 1. The number of ether oxygens (including phenoxy) is 2. The summed E-state index contributed by atoms with van der Waals surface area (Å²) in [5.41, 5.74) is 5.95. The Morgan fingerprint density at radius 1 is 1.11 bits per heavy atom. The van der Waals surface area contributed by atoms with Gasteiger partial charge in [0.15, 0.2) is 11.8 Å². The monoisotopic (exact) mass is 491 g/mol. The third-order valence-corrected chi connectivity index (χ3v) is 6.57. The molecule has 1 atom stereocenters. The van der Waals surface area contributed by atoms with Gasteiger partial charge in [0, 0.05) is 11.9 Å². The Hall–Kier alpha value is -3.52. The second kappa shape index (κ2) is 10.4. The number of aliphatic imine (C=N–C) groups is 1. The molecule has 0 bridgehead atoms. The first-order valence-corrected chi connectivity index (χ1v) is 12.3. The lowest BCUT2D eigenvalue weighted by Crippen LogP contribution is -2.34. The molecule has 0 saturated heterocycles. The number of hydrogen-bond acceptors (Lipinski definition) is 7. The van der Waals surface area contributed by atoms with E-state index in [4.69, 9.17) is 9.47 Å². The van der Waals surface area contributed by atoms with E-state index in [1.807, 2.05) is 74.5 Å². The first-order valence-electron chi connectivity index (χ1n) is 11.5. The number of nitrogens with zero attached hydrogens (tertiary/aromatic N) is 2. The number of thioether (sulfide) groups is 1. The molecule has 7 nitrogen and oxygen atoms in total. The van der Waals surface area contributed by atoms with Crippen molar-refractivity contribution in [3.63, 3.8) is 0 Å². The van der Waals surface area contributed by atoms with Crippen LogP contribution in [-0.2, 0) is 14.3 Å². The third-order valence-electron chi connectivity index (χ3n) is 5.80. The molecule has 1 N–H and O–H groups in total. The van der Waals surface area contributed by atoms with Gasteiger partial charge in [-0.3, -0.25) is 4.79 Å². The SMILES string of the molecule is CCOC(=O)C1=C(C)N=C2SC=CN2[C@@H]1c1cccc(OCC(=O)Nc2c(C)cc(C)cc2C)c1. The average Bonchev–Trinajstić information content (AvgIpc) is 3.27. The molecule has 0 aromatic heterocycles. The summed E-state index contributed by atoms with van der Waals surface area (Å²) in [4.78, 5) is 32.0. The summed E-state index contributed by atoms with van der Waals surface area (Å²) >= 11 is 1.50. The lowest BCUT2D eigenvalue weighted by atomic mass is 9.94. The fourth-order valence-electron chi connectivity index (χ4n) is 4.37. The summed E-state index contributed by atoms with van der Waals surface area (Å²) in [6, 6.07) is 11.1. The second-order valence-electron chi connectivity index (χ2n) is 8.51. The number of benzene rings is 2. The van der Waals surface area contributed by atoms with Gasteiger partial charge < -0.3 is 19.7 Å². The van der Waals surface area contributed by atoms with Gasteiger partial charge in [0.2, 0.25) is 0 Å². The normalized spacial score (nSPS) is 16.7. The number of aryl methyl sites for hydroxylation is 3. The number of allylic oxidation sites excluding steroid dienone is 1. The Morgan fingerprint density at radius 2 is 1.86 bits per heavy atom. The lowest BCUT2D eigenvalue weighted by molar-refractivity contribution is -0.139. The van der Waals surface area contributed by atoms with Gasteiger partial charge >= 0.3 is 5.97 Å². The largest absolute Gasteiger partial charge is 0.484 e. The van der Waals surface area contributed by atoms with Gasteiger partial charge in [-0.2, -0.15) is 0 Å². The highest BCUT2D eigenvalue weighted by Crippen LogP contribution is 2.41. The number of fused-ring (bicyclic) bond motifs is 1. The van der Waals surface area contributed by atoms with Crippen molar-refractivity contribution in [1.82, 2.24) is 4.90 Å². The minimum absolute atomic E-state index is 0.132. The molecule has 0 aliphatic carbocycles. The number of carbonyl (C=O) groups is 2. The molecule has 2 aliphatic heterocycles. The van der Waals surface area contributed by atoms with Crippen LogP contribution < -0.4 is 10.1 Å². The topological polar surface area (TPSA) is 80.2 Å². The summed E-state index contributed by atoms with van der Waals surface area (Å²) < 4.78 is 11.2. The van der Waals surface area contributed by atoms with Crippen LogP contribution in [0.15, 0.2) is 64.3 Å². The van der Waals surface area contributed by atoms with Crippen LogP contribution in [0.1, 0.15) is 42.1 Å². The molecule has 2 aromatic carbocycles. The summed E-state index contributed by atoms with van der Waals surface area (Å²) in [6.45, 7) is 9.73. The van der Waals surface area contributed by atoms with Crippen LogP contribution in [-0.4, -0.2) is 35.2 Å². The molecule has 35 heavy (non-hydrogen) atoms. The molecule has 0 spiro atoms. The van der Waals surface area contributed by atoms with Crippen LogP contribution in [0.3, 0.4) is 0 Å². The third kappa shape index (κ3) is 5.27. The summed E-state index contributed by atoms with van der Waals surface area (Å²) in [5, 5.41) is 5.70. The summed E-state index contributed by atoms with van der Waals surface area (Å²) in [6.07, 6.45) is 1.91. The molecule has 4 rings (SSSR count). The second-order valence-corrected chi connectivity index (χ2v) is 9.38. The highest BCUT2D eigenvalue weighted by molar-refractivity contribution is 8.16. The van der Waals surface area contributed by atoms with Crippen molar-refractivity contribution in [2.75, 3.05) is 18.5 Å². The van der Waals surface area contributed by atoms with Crippen LogP contribution in [0.4, 0.5) is 5.69 Å². The van der Waals surface area contributed by atoms with Crippen molar-refractivity contribution >= 4 is 34.5 Å². The number of carbonyl (C=O) groups excluding carboxylic acids is 2. The predicted molar refractivity (Wildman–Crippen MR) is 139 cm³/mol. The minimum atomic E-state index is -0.400. The first kappa shape index (κ1) is 24.6. The highest BCUT2D eigenvalue weighted by Gasteiger charge is 2.37. The Kier molecular flexibility index (Phi) is 7.31. The van der Waals surface area contributed by atoms with Crippen LogP contribution in [0.2, 0.25) is 0 Å². The van der Waals surface area contributed by atoms with Crippen molar-refractivity contribution < 1.29 is 19.1 Å². The number of nitrogens with one attached hydrogen (secondary N) is 1. The minimum Gasteiger partial charge on any atom is -0.484 e. The smallest absolute Gasteiger partial charge is 0.338 e. The number of amides is 1. The fraction of sp³-hybridized carbons (Fsp3) is 0.296. The molecule has 2 aromatic rings. The zero-order chi connectivity index (χ0) is 25.1. The van der Waals surface area contributed by atoms with E-state index in [-0.39, 0.29) is 19.1 Å². The van der Waals surface area contributed by atoms with Gasteiger partial charge in [-0.1, -0.05) is 41.6 Å². The molecule has 1 amide bonds. The average molecular weight is 492 g/mol. The van der Waals surface area contributed by atoms with E-state index >= 15 is 0 Å². The number of hydrogen-bond donors (Lipinski definition) is 1. The maximum Gasteiger partial charge on any atom is 0.338 e. The maximum atomic E-state index is 12.8. The Labute approximate surface area is 209 Å². The van der Waals surface area contributed by atoms with Crippen LogP contribution in [0, 0.1) is 20.8 Å². The van der Waals surface area contributed by atoms with Crippen molar-refractivity contribution in [2.24, 2.45) is 4.99 Å². The molecule has 2 heterocycles. The van der Waals surface area contributed by atoms with Gasteiger partial charge in [0.05, 0.1) is 23.9 Å². The zero-order valence-corrected chi connectivity index (χ0v) is 21.4. The van der Waals surface area contributed by atoms with Gasteiger partial charge in [-0.05, 0) is 68.8 Å². The molecule has 0 radical (unpaired) electrons. The molecule has 182 valence electrons. The fourth-order valence-corrected chi connectivity index (χ4v) is 5.17. The van der Waals surface area contributed by atoms with Gasteiger partial charge in [0.1, 0.15) is 5.75 Å². The van der Waals surface area contributed by atoms with E-state index in [0.717, 1.165) is 33.1 Å². The maximum absolute atomic E-state index is 12.8. The molecule has 2 aliphatic rings. The van der Waals surface area contributed by atoms with Gasteiger partial charge in [-0.15, -0.1) is 0 Å². The molecule has 0 unspecified atom stereocenters. The van der Waals surface area contributed by atoms with Crippen molar-refractivity contribution in [1.29, 1.82) is 0 Å². The molecule has 8 heteroatoms. The van der Waals surface area contributed by atoms with Crippen molar-refractivity contribution in [3.8, 4) is 5.75 Å². The van der Waals surface area contributed by atoms with Crippen molar-refractivity contribution in [3.05, 3.63) is 81.5 Å². The zero-order valence-electron chi connectivity index (χ0n) is 20.5.